The minimum absolute atomic E-state index is 0.0754. The van der Waals surface area contributed by atoms with Crippen molar-refractivity contribution in [2.24, 2.45) is 5.10 Å². The highest BCUT2D eigenvalue weighted by Crippen LogP contribution is 2.29. The molecular formula is C12H11F3N2O3. The van der Waals surface area contributed by atoms with Crippen LogP contribution in [0.4, 0.5) is 18.9 Å². The van der Waals surface area contributed by atoms with Crippen LogP contribution in [0, 0.1) is 0 Å². The van der Waals surface area contributed by atoms with Gasteiger partial charge in [0, 0.05) is 0 Å². The summed E-state index contributed by atoms with van der Waals surface area (Å²) in [7, 11) is 0. The Morgan fingerprint density at radius 3 is 2.40 bits per heavy atom. The summed E-state index contributed by atoms with van der Waals surface area (Å²) in [6.45, 7) is 1.63. The number of rotatable bonds is 5. The number of hydrogen-bond acceptors (Lipinski definition) is 5. The minimum Gasteiger partial charge on any atom is -0.461 e. The number of aldehydes is 1. The zero-order chi connectivity index (χ0) is 15.2. The largest absolute Gasteiger partial charge is 0.461 e. The van der Waals surface area contributed by atoms with Crippen LogP contribution in [0.5, 0.6) is 0 Å². The second-order valence-electron chi connectivity index (χ2n) is 3.52. The highest BCUT2D eigenvalue weighted by Gasteiger charge is 2.29. The van der Waals surface area contributed by atoms with Crippen LogP contribution in [0.1, 0.15) is 12.5 Å². The number of carbonyl (C=O) groups excluding carboxylic acids is 2. The summed E-state index contributed by atoms with van der Waals surface area (Å²) in [5.74, 6) is -0.915. The summed E-state index contributed by atoms with van der Waals surface area (Å²) in [5.41, 5.74) is 1.18. The number of alkyl halides is 3. The van der Waals surface area contributed by atoms with Gasteiger partial charge < -0.3 is 4.74 Å². The third-order valence-electron chi connectivity index (χ3n) is 2.11. The van der Waals surface area contributed by atoms with Gasteiger partial charge in [-0.2, -0.15) is 18.3 Å². The molecule has 0 bridgehead atoms. The van der Waals surface area contributed by atoms with E-state index in [1.54, 1.807) is 6.92 Å². The van der Waals surface area contributed by atoms with E-state index in [1.165, 1.54) is 0 Å². The zero-order valence-corrected chi connectivity index (χ0v) is 10.4. The van der Waals surface area contributed by atoms with E-state index in [1.807, 2.05) is 0 Å². The van der Waals surface area contributed by atoms with Crippen molar-refractivity contribution < 1.29 is 27.5 Å². The average molecular weight is 288 g/mol. The molecule has 8 heteroatoms. The summed E-state index contributed by atoms with van der Waals surface area (Å²) in [4.78, 5) is 21.8. The molecule has 0 radical (unpaired) electrons. The van der Waals surface area contributed by atoms with Crippen LogP contribution < -0.4 is 5.43 Å². The van der Waals surface area contributed by atoms with Gasteiger partial charge in [-0.1, -0.05) is 0 Å². The topological polar surface area (TPSA) is 67.8 Å². The lowest BCUT2D eigenvalue weighted by atomic mass is 10.2. The second kappa shape index (κ2) is 6.69. The molecule has 1 aromatic rings. The summed E-state index contributed by atoms with van der Waals surface area (Å²) < 4.78 is 41.5. The number of esters is 1. The van der Waals surface area contributed by atoms with E-state index in [2.05, 4.69) is 15.3 Å². The number of carbonyl (C=O) groups is 2. The number of nitrogens with one attached hydrogen (secondary N) is 1. The van der Waals surface area contributed by atoms with Gasteiger partial charge in [0.25, 0.3) is 0 Å². The van der Waals surface area contributed by atoms with Gasteiger partial charge in [0.05, 0.1) is 17.9 Å². The number of anilines is 1. The lowest BCUT2D eigenvalue weighted by molar-refractivity contribution is -0.137. The van der Waals surface area contributed by atoms with Crippen molar-refractivity contribution in [2.75, 3.05) is 12.0 Å². The Morgan fingerprint density at radius 2 is 1.95 bits per heavy atom. The molecule has 20 heavy (non-hydrogen) atoms. The van der Waals surface area contributed by atoms with Gasteiger partial charge in [0.1, 0.15) is 0 Å². The molecule has 0 saturated carbocycles. The van der Waals surface area contributed by atoms with E-state index in [0.29, 0.717) is 0 Å². The van der Waals surface area contributed by atoms with E-state index in [9.17, 15) is 22.8 Å². The molecule has 0 aliphatic rings. The molecule has 0 aliphatic heterocycles. The number of nitrogens with zero attached hydrogens (tertiary/aromatic N) is 1. The summed E-state index contributed by atoms with van der Waals surface area (Å²) in [6, 6.07) is 3.95. The highest BCUT2D eigenvalue weighted by molar-refractivity contribution is 6.58. The zero-order valence-electron chi connectivity index (χ0n) is 10.4. The Morgan fingerprint density at radius 1 is 1.35 bits per heavy atom. The Bertz CT molecular complexity index is 510. The van der Waals surface area contributed by atoms with Crippen molar-refractivity contribution in [3.8, 4) is 0 Å². The maximum absolute atomic E-state index is 12.3. The van der Waals surface area contributed by atoms with Crippen LogP contribution in [0.15, 0.2) is 29.4 Å². The Labute approximate surface area is 112 Å². The summed E-state index contributed by atoms with van der Waals surface area (Å²) >= 11 is 0. The van der Waals surface area contributed by atoms with E-state index in [4.69, 9.17) is 0 Å². The molecule has 1 rings (SSSR count). The lowest BCUT2D eigenvalue weighted by Crippen LogP contribution is -2.20. The van der Waals surface area contributed by atoms with Crippen molar-refractivity contribution in [1.29, 1.82) is 0 Å². The number of hydrogen-bond donors (Lipinski definition) is 1. The monoisotopic (exact) mass is 288 g/mol. The van der Waals surface area contributed by atoms with Crippen molar-refractivity contribution in [3.63, 3.8) is 0 Å². The first-order chi connectivity index (χ1) is 9.38. The molecule has 1 N–H and O–H groups in total. The number of halogens is 3. The van der Waals surface area contributed by atoms with Crippen LogP contribution in [0.3, 0.4) is 0 Å². The molecule has 0 amide bonds. The maximum atomic E-state index is 12.3. The van der Waals surface area contributed by atoms with E-state index < -0.39 is 23.4 Å². The smallest absolute Gasteiger partial charge is 0.416 e. The van der Waals surface area contributed by atoms with E-state index in [0.717, 1.165) is 24.3 Å². The third kappa shape index (κ3) is 4.38. The summed E-state index contributed by atoms with van der Waals surface area (Å²) in [6.07, 6.45) is -4.24. The molecular weight excluding hydrogens is 277 g/mol. The van der Waals surface area contributed by atoms with Crippen LogP contribution in [-0.4, -0.2) is 24.6 Å². The summed E-state index contributed by atoms with van der Waals surface area (Å²) in [5, 5.41) is 3.47. The highest BCUT2D eigenvalue weighted by atomic mass is 19.4. The quantitative estimate of drug-likeness (QED) is 0.296. The number of benzene rings is 1. The van der Waals surface area contributed by atoms with Gasteiger partial charge in [0.2, 0.25) is 5.71 Å². The molecule has 0 heterocycles. The minimum atomic E-state index is -4.43. The Kier molecular flexibility index (Phi) is 5.24. The third-order valence-corrected chi connectivity index (χ3v) is 2.11. The molecule has 5 nitrogen and oxygen atoms in total. The molecule has 0 aliphatic carbocycles. The molecule has 0 saturated heterocycles. The van der Waals surface area contributed by atoms with Gasteiger partial charge in [0.15, 0.2) is 6.29 Å². The first-order valence-corrected chi connectivity index (χ1v) is 5.51. The second-order valence-corrected chi connectivity index (χ2v) is 3.52. The van der Waals surface area contributed by atoms with Gasteiger partial charge >= 0.3 is 12.1 Å². The molecule has 0 unspecified atom stereocenters. The van der Waals surface area contributed by atoms with E-state index in [-0.39, 0.29) is 18.6 Å². The van der Waals surface area contributed by atoms with Crippen molar-refractivity contribution in [2.45, 2.75) is 13.1 Å². The molecule has 0 fully saturated rings. The first kappa shape index (κ1) is 15.7. The number of hydrazone groups is 1. The fourth-order valence-corrected chi connectivity index (χ4v) is 1.18. The first-order valence-electron chi connectivity index (χ1n) is 5.51. The molecule has 0 atom stereocenters. The van der Waals surface area contributed by atoms with Gasteiger partial charge in [-0.25, -0.2) is 4.79 Å². The van der Waals surface area contributed by atoms with Crippen LogP contribution in [-0.2, 0) is 20.5 Å². The molecule has 0 spiro atoms. The standard InChI is InChI=1S/C12H11F3N2O3/c1-2-20-11(19)10(7-18)17-16-9-5-3-8(4-6-9)12(13,14)15/h3-7,16H,2H2,1H3/b17-10-. The fourth-order valence-electron chi connectivity index (χ4n) is 1.18. The molecule has 0 aromatic heterocycles. The Hall–Kier alpha value is -2.38. The van der Waals surface area contributed by atoms with Crippen LogP contribution >= 0.6 is 0 Å². The van der Waals surface area contributed by atoms with E-state index >= 15 is 0 Å². The van der Waals surface area contributed by atoms with Crippen molar-refractivity contribution in [3.05, 3.63) is 29.8 Å². The fraction of sp³-hybridized carbons (Fsp3) is 0.250. The predicted octanol–water partition coefficient (Wildman–Crippen LogP) is 2.24. The van der Waals surface area contributed by atoms with Gasteiger partial charge in [-0.15, -0.1) is 0 Å². The van der Waals surface area contributed by atoms with Gasteiger partial charge in [-0.3, -0.25) is 10.2 Å². The molecule has 1 aromatic carbocycles. The normalized spacial score (nSPS) is 11.9. The number of ether oxygens (including phenoxy) is 1. The van der Waals surface area contributed by atoms with Crippen LogP contribution in [0.2, 0.25) is 0 Å². The maximum Gasteiger partial charge on any atom is 0.416 e. The lowest BCUT2D eigenvalue weighted by Gasteiger charge is -2.07. The average Bonchev–Trinajstić information content (AvgIpc) is 2.39. The SMILES string of the molecule is CCOC(=O)/C(C=O)=N\Nc1ccc(C(F)(F)F)cc1. The van der Waals surface area contributed by atoms with Crippen molar-refractivity contribution in [1.82, 2.24) is 0 Å². The molecule has 108 valence electrons. The van der Waals surface area contributed by atoms with Gasteiger partial charge in [-0.05, 0) is 31.2 Å². The van der Waals surface area contributed by atoms with Crippen LogP contribution in [0.25, 0.3) is 0 Å². The van der Waals surface area contributed by atoms with Crippen molar-refractivity contribution >= 4 is 23.7 Å². The predicted molar refractivity (Wildman–Crippen MR) is 65.2 cm³/mol. The Balaban J connectivity index is 2.78.